The minimum absolute atomic E-state index is 0.108. The molecule has 0 aliphatic rings. The van der Waals surface area contributed by atoms with Gasteiger partial charge in [-0.15, -0.1) is 0 Å². The second-order valence-electron chi connectivity index (χ2n) is 6.23. The van der Waals surface area contributed by atoms with Crippen molar-refractivity contribution in [3.8, 4) is 5.75 Å². The van der Waals surface area contributed by atoms with Crippen LogP contribution in [0.15, 0.2) is 81.1 Å². The van der Waals surface area contributed by atoms with Crippen LogP contribution in [0.5, 0.6) is 5.75 Å². The SMILES string of the molecule is O=c1[nH]/c(=C/c2ccco2)c(=O)[nH]/c1=C/c1ccc(OCc2ccccc2)cn1. The van der Waals surface area contributed by atoms with Gasteiger partial charge in [-0.25, -0.2) is 0 Å². The smallest absolute Gasteiger partial charge is 0.272 e. The highest BCUT2D eigenvalue weighted by Crippen LogP contribution is 2.12. The van der Waals surface area contributed by atoms with Crippen molar-refractivity contribution in [2.24, 2.45) is 0 Å². The first-order valence-electron chi connectivity index (χ1n) is 8.90. The fraction of sp³-hybridized carbons (Fsp3) is 0.0455. The molecule has 144 valence electrons. The Kier molecular flexibility index (Phi) is 5.20. The maximum absolute atomic E-state index is 12.3. The summed E-state index contributed by atoms with van der Waals surface area (Å²) in [5.41, 5.74) is 0.698. The van der Waals surface area contributed by atoms with E-state index in [0.717, 1.165) is 5.56 Å². The molecular weight excluding hydrogens is 370 g/mol. The normalized spacial score (nSPS) is 12.3. The number of rotatable bonds is 5. The van der Waals surface area contributed by atoms with Crippen molar-refractivity contribution < 1.29 is 9.15 Å². The average Bonchev–Trinajstić information content (AvgIpc) is 3.25. The van der Waals surface area contributed by atoms with Crippen molar-refractivity contribution in [2.45, 2.75) is 6.61 Å². The largest absolute Gasteiger partial charge is 0.487 e. The van der Waals surface area contributed by atoms with E-state index in [1.807, 2.05) is 30.3 Å². The van der Waals surface area contributed by atoms with Crippen LogP contribution < -0.4 is 26.6 Å². The Balaban J connectivity index is 1.55. The second-order valence-corrected chi connectivity index (χ2v) is 6.23. The summed E-state index contributed by atoms with van der Waals surface area (Å²) in [6, 6.07) is 16.6. The molecule has 0 amide bonds. The van der Waals surface area contributed by atoms with Gasteiger partial charge in [0.25, 0.3) is 11.1 Å². The molecule has 0 atom stereocenters. The second kappa shape index (κ2) is 8.26. The fourth-order valence-corrected chi connectivity index (χ4v) is 2.66. The van der Waals surface area contributed by atoms with Crippen LogP contribution in [0.2, 0.25) is 0 Å². The number of aromatic amines is 2. The van der Waals surface area contributed by atoms with Crippen LogP contribution in [0, 0.1) is 0 Å². The third kappa shape index (κ3) is 4.59. The highest BCUT2D eigenvalue weighted by Gasteiger charge is 2.00. The van der Waals surface area contributed by atoms with Crippen LogP contribution in [-0.2, 0) is 6.61 Å². The molecular formula is C22H17N3O4. The van der Waals surface area contributed by atoms with Crippen LogP contribution in [-0.4, -0.2) is 15.0 Å². The van der Waals surface area contributed by atoms with Crippen LogP contribution in [0.25, 0.3) is 12.2 Å². The number of benzene rings is 1. The van der Waals surface area contributed by atoms with Gasteiger partial charge in [0.1, 0.15) is 28.8 Å². The minimum Gasteiger partial charge on any atom is -0.487 e. The highest BCUT2D eigenvalue weighted by molar-refractivity contribution is 5.44. The van der Waals surface area contributed by atoms with Gasteiger partial charge in [-0.3, -0.25) is 14.6 Å². The summed E-state index contributed by atoms with van der Waals surface area (Å²) < 4.78 is 10.8. The van der Waals surface area contributed by atoms with E-state index in [1.54, 1.807) is 30.5 Å². The Hall–Kier alpha value is -4.13. The lowest BCUT2D eigenvalue weighted by atomic mass is 10.2. The molecule has 29 heavy (non-hydrogen) atoms. The predicted molar refractivity (Wildman–Crippen MR) is 108 cm³/mol. The topological polar surface area (TPSA) is 101 Å². The Labute approximate surface area is 164 Å². The molecule has 0 radical (unpaired) electrons. The van der Waals surface area contributed by atoms with Gasteiger partial charge in [-0.05, 0) is 35.9 Å². The molecule has 0 fully saturated rings. The number of pyridine rings is 1. The first-order valence-corrected chi connectivity index (χ1v) is 8.90. The molecule has 2 N–H and O–H groups in total. The van der Waals surface area contributed by atoms with Gasteiger partial charge in [-0.1, -0.05) is 30.3 Å². The zero-order valence-corrected chi connectivity index (χ0v) is 15.3. The standard InChI is InChI=1S/C22H17N3O4/c26-21-19(24-22(27)20(25-21)12-17-7-4-10-28-17)11-16-8-9-18(13-23-16)29-14-15-5-2-1-3-6-15/h1-13H,14H2,(H,24,27)(H,25,26)/b19-11+,20-12+. The van der Waals surface area contributed by atoms with Crippen molar-refractivity contribution in [3.05, 3.63) is 115 Å². The van der Waals surface area contributed by atoms with Crippen molar-refractivity contribution in [3.63, 3.8) is 0 Å². The molecule has 0 aliphatic heterocycles. The number of hydrogen-bond donors (Lipinski definition) is 2. The van der Waals surface area contributed by atoms with Gasteiger partial charge in [0, 0.05) is 6.08 Å². The number of H-pyrrole nitrogens is 2. The van der Waals surface area contributed by atoms with Crippen LogP contribution in [0.1, 0.15) is 17.0 Å². The third-order valence-corrected chi connectivity index (χ3v) is 4.12. The van der Waals surface area contributed by atoms with Crippen LogP contribution in [0.4, 0.5) is 0 Å². The van der Waals surface area contributed by atoms with E-state index in [2.05, 4.69) is 15.0 Å². The van der Waals surface area contributed by atoms with Crippen molar-refractivity contribution >= 4 is 12.2 Å². The van der Waals surface area contributed by atoms with Crippen LogP contribution >= 0.6 is 0 Å². The Morgan fingerprint density at radius 3 is 2.31 bits per heavy atom. The lowest BCUT2D eigenvalue weighted by Gasteiger charge is -2.05. The van der Waals surface area contributed by atoms with Crippen molar-refractivity contribution in [1.82, 2.24) is 15.0 Å². The van der Waals surface area contributed by atoms with E-state index in [1.165, 1.54) is 18.4 Å². The molecule has 7 nitrogen and oxygen atoms in total. The van der Waals surface area contributed by atoms with Gasteiger partial charge in [0.05, 0.1) is 18.2 Å². The number of furan rings is 1. The minimum atomic E-state index is -0.436. The van der Waals surface area contributed by atoms with E-state index in [-0.39, 0.29) is 10.7 Å². The van der Waals surface area contributed by atoms with Gasteiger partial charge >= 0.3 is 0 Å². The van der Waals surface area contributed by atoms with Crippen molar-refractivity contribution in [1.29, 1.82) is 0 Å². The van der Waals surface area contributed by atoms with Gasteiger partial charge < -0.3 is 19.1 Å². The number of nitrogens with zero attached hydrogens (tertiary/aromatic N) is 1. The first kappa shape index (κ1) is 18.2. The first-order chi connectivity index (χ1) is 14.2. The van der Waals surface area contributed by atoms with E-state index in [0.29, 0.717) is 23.8 Å². The molecule has 0 aliphatic carbocycles. The Bertz CT molecular complexity index is 1320. The number of ether oxygens (including phenoxy) is 1. The molecule has 0 unspecified atom stereocenters. The molecule has 4 aromatic rings. The van der Waals surface area contributed by atoms with E-state index < -0.39 is 11.1 Å². The van der Waals surface area contributed by atoms with Gasteiger partial charge in [0.15, 0.2) is 0 Å². The zero-order chi connectivity index (χ0) is 20.1. The maximum atomic E-state index is 12.3. The molecule has 3 aromatic heterocycles. The third-order valence-electron chi connectivity index (χ3n) is 4.12. The van der Waals surface area contributed by atoms with Crippen LogP contribution in [0.3, 0.4) is 0 Å². The maximum Gasteiger partial charge on any atom is 0.272 e. The molecule has 4 rings (SSSR count). The monoisotopic (exact) mass is 387 g/mol. The summed E-state index contributed by atoms with van der Waals surface area (Å²) in [4.78, 5) is 33.9. The Morgan fingerprint density at radius 1 is 0.897 bits per heavy atom. The predicted octanol–water partition coefficient (Wildman–Crippen LogP) is 1.29. The van der Waals surface area contributed by atoms with E-state index >= 15 is 0 Å². The summed E-state index contributed by atoms with van der Waals surface area (Å²) in [6.45, 7) is 0.437. The molecule has 0 saturated heterocycles. The number of hydrogen-bond acceptors (Lipinski definition) is 5. The zero-order valence-electron chi connectivity index (χ0n) is 15.3. The lowest BCUT2D eigenvalue weighted by Crippen LogP contribution is -2.46. The summed E-state index contributed by atoms with van der Waals surface area (Å²) in [7, 11) is 0. The highest BCUT2D eigenvalue weighted by atomic mass is 16.5. The number of nitrogens with one attached hydrogen (secondary N) is 2. The lowest BCUT2D eigenvalue weighted by molar-refractivity contribution is 0.305. The molecule has 0 spiro atoms. The fourth-order valence-electron chi connectivity index (χ4n) is 2.66. The average molecular weight is 387 g/mol. The molecule has 7 heteroatoms. The summed E-state index contributed by atoms with van der Waals surface area (Å²) >= 11 is 0. The van der Waals surface area contributed by atoms with E-state index in [4.69, 9.17) is 9.15 Å². The summed E-state index contributed by atoms with van der Waals surface area (Å²) in [6.07, 6.45) is 6.01. The summed E-state index contributed by atoms with van der Waals surface area (Å²) in [5, 5.41) is 0.219. The van der Waals surface area contributed by atoms with Gasteiger partial charge in [0.2, 0.25) is 0 Å². The quantitative estimate of drug-likeness (QED) is 0.537. The summed E-state index contributed by atoms with van der Waals surface area (Å²) in [5.74, 6) is 1.08. The molecule has 3 heterocycles. The molecule has 1 aromatic carbocycles. The van der Waals surface area contributed by atoms with Gasteiger partial charge in [-0.2, -0.15) is 0 Å². The van der Waals surface area contributed by atoms with Crippen molar-refractivity contribution in [2.75, 3.05) is 0 Å². The Morgan fingerprint density at radius 2 is 1.66 bits per heavy atom. The molecule has 0 saturated carbocycles. The van der Waals surface area contributed by atoms with E-state index in [9.17, 15) is 9.59 Å². The number of aromatic nitrogens is 3. The molecule has 0 bridgehead atoms.